The molecule has 3 nitrogen and oxygen atoms in total. The molecule has 4 heteroatoms. The van der Waals surface area contributed by atoms with Crippen LogP contribution in [-0.2, 0) is 19.4 Å². The van der Waals surface area contributed by atoms with Crippen molar-refractivity contribution >= 4 is 17.2 Å². The number of nitrogens with one attached hydrogen (secondary N) is 1. The lowest BCUT2D eigenvalue weighted by atomic mass is 10.1. The van der Waals surface area contributed by atoms with Gasteiger partial charge in [-0.1, -0.05) is 19.4 Å². The zero-order valence-electron chi connectivity index (χ0n) is 13.2. The molecule has 2 rings (SSSR count). The first-order chi connectivity index (χ1) is 10.2. The van der Waals surface area contributed by atoms with Crippen molar-refractivity contribution in [2.75, 3.05) is 25.5 Å². The molecule has 0 radical (unpaired) electrons. The van der Waals surface area contributed by atoms with Crippen molar-refractivity contribution in [1.29, 1.82) is 0 Å². The maximum absolute atomic E-state index is 4.81. The predicted molar refractivity (Wildman–Crippen MR) is 92.3 cm³/mol. The molecule has 0 spiro atoms. The summed E-state index contributed by atoms with van der Waals surface area (Å²) in [7, 11) is 4.12. The van der Waals surface area contributed by atoms with Gasteiger partial charge in [0.05, 0.1) is 0 Å². The first-order valence-electron chi connectivity index (χ1n) is 7.61. The fourth-order valence-electron chi connectivity index (χ4n) is 2.37. The van der Waals surface area contributed by atoms with Crippen LogP contribution in [0.3, 0.4) is 0 Å². The second-order valence-corrected chi connectivity index (χ2v) is 6.39. The molecule has 21 heavy (non-hydrogen) atoms. The van der Waals surface area contributed by atoms with Crippen LogP contribution in [0.15, 0.2) is 29.6 Å². The molecule has 0 amide bonds. The SMILES string of the molecule is CCCc1cc(CNC)cc(N(C)CCc2cccs2)n1. The van der Waals surface area contributed by atoms with Crippen LogP contribution in [0.5, 0.6) is 0 Å². The number of hydrogen-bond donors (Lipinski definition) is 1. The lowest BCUT2D eigenvalue weighted by Crippen LogP contribution is -2.22. The fraction of sp³-hybridized carbons (Fsp3) is 0.471. The Labute approximate surface area is 132 Å². The molecule has 0 aliphatic rings. The van der Waals surface area contributed by atoms with E-state index in [1.165, 1.54) is 16.1 Å². The van der Waals surface area contributed by atoms with Crippen LogP contribution in [0.25, 0.3) is 0 Å². The van der Waals surface area contributed by atoms with Gasteiger partial charge in [0.25, 0.3) is 0 Å². The highest BCUT2D eigenvalue weighted by Crippen LogP contribution is 2.17. The van der Waals surface area contributed by atoms with E-state index >= 15 is 0 Å². The van der Waals surface area contributed by atoms with Gasteiger partial charge >= 0.3 is 0 Å². The highest BCUT2D eigenvalue weighted by molar-refractivity contribution is 7.09. The Morgan fingerprint density at radius 3 is 2.81 bits per heavy atom. The minimum atomic E-state index is 0.894. The predicted octanol–water partition coefficient (Wildman–Crippen LogP) is 3.49. The fourth-order valence-corrected chi connectivity index (χ4v) is 3.06. The second kappa shape index (κ2) is 8.15. The van der Waals surface area contributed by atoms with Gasteiger partial charge in [0.2, 0.25) is 0 Å². The van der Waals surface area contributed by atoms with Crippen LogP contribution in [-0.4, -0.2) is 25.6 Å². The van der Waals surface area contributed by atoms with E-state index in [1.54, 1.807) is 0 Å². The van der Waals surface area contributed by atoms with Gasteiger partial charge < -0.3 is 10.2 Å². The van der Waals surface area contributed by atoms with Gasteiger partial charge in [0.15, 0.2) is 0 Å². The van der Waals surface area contributed by atoms with E-state index in [1.807, 2.05) is 18.4 Å². The highest BCUT2D eigenvalue weighted by Gasteiger charge is 2.07. The highest BCUT2D eigenvalue weighted by atomic mass is 32.1. The Morgan fingerprint density at radius 2 is 2.14 bits per heavy atom. The summed E-state index contributed by atoms with van der Waals surface area (Å²) in [5.74, 6) is 1.09. The van der Waals surface area contributed by atoms with E-state index in [2.05, 4.69) is 53.8 Å². The maximum atomic E-state index is 4.81. The van der Waals surface area contributed by atoms with Gasteiger partial charge in [0, 0.05) is 30.7 Å². The Morgan fingerprint density at radius 1 is 1.29 bits per heavy atom. The molecule has 2 aromatic rings. The largest absolute Gasteiger partial charge is 0.359 e. The Kier molecular flexibility index (Phi) is 6.21. The number of anilines is 1. The van der Waals surface area contributed by atoms with Crippen LogP contribution >= 0.6 is 11.3 Å². The Balaban J connectivity index is 2.08. The average molecular weight is 303 g/mol. The number of pyridine rings is 1. The molecule has 0 unspecified atom stereocenters. The molecule has 0 aliphatic carbocycles. The average Bonchev–Trinajstić information content (AvgIpc) is 2.98. The second-order valence-electron chi connectivity index (χ2n) is 5.36. The van der Waals surface area contributed by atoms with Crippen molar-refractivity contribution in [3.05, 3.63) is 45.8 Å². The third kappa shape index (κ3) is 4.83. The van der Waals surface area contributed by atoms with Crippen molar-refractivity contribution in [2.24, 2.45) is 0 Å². The Bertz CT molecular complexity index is 513. The molecular weight excluding hydrogens is 278 g/mol. The van der Waals surface area contributed by atoms with Crippen LogP contribution in [0.2, 0.25) is 0 Å². The number of rotatable bonds is 8. The summed E-state index contributed by atoms with van der Waals surface area (Å²) < 4.78 is 0. The maximum Gasteiger partial charge on any atom is 0.128 e. The quantitative estimate of drug-likeness (QED) is 0.809. The monoisotopic (exact) mass is 303 g/mol. The number of aryl methyl sites for hydroxylation is 1. The smallest absolute Gasteiger partial charge is 0.128 e. The molecule has 0 bridgehead atoms. The normalized spacial score (nSPS) is 10.8. The molecule has 0 atom stereocenters. The third-order valence-corrected chi connectivity index (χ3v) is 4.41. The lowest BCUT2D eigenvalue weighted by Gasteiger charge is -2.20. The molecule has 2 heterocycles. The van der Waals surface area contributed by atoms with E-state index in [0.717, 1.165) is 38.2 Å². The number of hydrogen-bond acceptors (Lipinski definition) is 4. The van der Waals surface area contributed by atoms with E-state index in [0.29, 0.717) is 0 Å². The molecule has 0 fully saturated rings. The van der Waals surface area contributed by atoms with Crippen molar-refractivity contribution in [1.82, 2.24) is 10.3 Å². The Hall–Kier alpha value is -1.39. The number of aromatic nitrogens is 1. The minimum absolute atomic E-state index is 0.894. The number of thiophene rings is 1. The molecule has 1 N–H and O–H groups in total. The van der Waals surface area contributed by atoms with Gasteiger partial charge in [-0.25, -0.2) is 4.98 Å². The molecular formula is C17H25N3S. The summed E-state index contributed by atoms with van der Waals surface area (Å²) in [6, 6.07) is 8.73. The minimum Gasteiger partial charge on any atom is -0.359 e. The van der Waals surface area contributed by atoms with Crippen molar-refractivity contribution in [3.63, 3.8) is 0 Å². The van der Waals surface area contributed by atoms with Crippen molar-refractivity contribution in [3.8, 4) is 0 Å². The number of likely N-dealkylation sites (N-methyl/N-ethyl adjacent to an activating group) is 1. The molecule has 0 aliphatic heterocycles. The zero-order chi connectivity index (χ0) is 15.1. The van der Waals surface area contributed by atoms with Crippen molar-refractivity contribution in [2.45, 2.75) is 32.7 Å². The van der Waals surface area contributed by atoms with Crippen LogP contribution in [0.1, 0.15) is 29.5 Å². The summed E-state index contributed by atoms with van der Waals surface area (Å²) in [4.78, 5) is 8.50. The van der Waals surface area contributed by atoms with Crippen molar-refractivity contribution < 1.29 is 0 Å². The first kappa shape index (κ1) is 16.0. The van der Waals surface area contributed by atoms with Crippen LogP contribution in [0, 0.1) is 0 Å². The molecule has 114 valence electrons. The lowest BCUT2D eigenvalue weighted by molar-refractivity contribution is 0.795. The van der Waals surface area contributed by atoms with E-state index in [4.69, 9.17) is 4.98 Å². The molecule has 0 saturated heterocycles. The van der Waals surface area contributed by atoms with E-state index < -0.39 is 0 Å². The van der Waals surface area contributed by atoms with Gasteiger partial charge in [-0.3, -0.25) is 0 Å². The van der Waals surface area contributed by atoms with Gasteiger partial charge in [-0.05, 0) is 49.0 Å². The van der Waals surface area contributed by atoms with Gasteiger partial charge in [-0.15, -0.1) is 11.3 Å². The zero-order valence-corrected chi connectivity index (χ0v) is 14.0. The van der Waals surface area contributed by atoms with E-state index in [-0.39, 0.29) is 0 Å². The topological polar surface area (TPSA) is 28.2 Å². The summed E-state index contributed by atoms with van der Waals surface area (Å²) in [5, 5.41) is 5.37. The summed E-state index contributed by atoms with van der Waals surface area (Å²) in [5.41, 5.74) is 2.51. The van der Waals surface area contributed by atoms with Gasteiger partial charge in [0.1, 0.15) is 5.82 Å². The third-order valence-electron chi connectivity index (χ3n) is 3.48. The van der Waals surface area contributed by atoms with Crippen LogP contribution in [0.4, 0.5) is 5.82 Å². The number of nitrogens with zero attached hydrogens (tertiary/aromatic N) is 2. The first-order valence-corrected chi connectivity index (χ1v) is 8.49. The van der Waals surface area contributed by atoms with Crippen LogP contribution < -0.4 is 10.2 Å². The summed E-state index contributed by atoms with van der Waals surface area (Å²) >= 11 is 1.83. The standard InChI is InChI=1S/C17H25N3S/c1-4-6-15-11-14(13-18-2)12-17(19-15)20(3)9-8-16-7-5-10-21-16/h5,7,10-12,18H,4,6,8-9,13H2,1-3H3. The molecule has 0 aromatic carbocycles. The molecule has 2 aromatic heterocycles. The van der Waals surface area contributed by atoms with Gasteiger partial charge in [-0.2, -0.15) is 0 Å². The molecule has 0 saturated carbocycles. The summed E-state index contributed by atoms with van der Waals surface area (Å²) in [6.45, 7) is 4.10. The summed E-state index contributed by atoms with van der Waals surface area (Å²) in [6.07, 6.45) is 3.26. The van der Waals surface area contributed by atoms with E-state index in [9.17, 15) is 0 Å².